The predicted octanol–water partition coefficient (Wildman–Crippen LogP) is 3.80. The van der Waals surface area contributed by atoms with Gasteiger partial charge in [0.2, 0.25) is 0 Å². The molecule has 1 aliphatic heterocycles. The molecule has 1 aliphatic carbocycles. The van der Waals surface area contributed by atoms with Crippen LogP contribution in [0.15, 0.2) is 22.4 Å². The number of aliphatic hydroxyl groups excluding tert-OH is 1. The smallest absolute Gasteiger partial charge is 0.256 e. The first-order chi connectivity index (χ1) is 13.0. The lowest BCUT2D eigenvalue weighted by Crippen LogP contribution is -2.42. The molecule has 0 saturated heterocycles. The van der Waals surface area contributed by atoms with E-state index >= 15 is 0 Å². The number of hydrogen-bond acceptors (Lipinski definition) is 4. The monoisotopic (exact) mass is 433 g/mol. The van der Waals surface area contributed by atoms with Gasteiger partial charge in [-0.2, -0.15) is 0 Å². The third-order valence-corrected chi connectivity index (χ3v) is 5.86. The van der Waals surface area contributed by atoms with Gasteiger partial charge >= 0.3 is 0 Å². The Bertz CT molecular complexity index is 852. The number of aliphatic hydroxyl groups is 1. The molecule has 2 atom stereocenters. The van der Waals surface area contributed by atoms with Gasteiger partial charge in [-0.25, -0.2) is 0 Å². The Hall–Kier alpha value is -1.97. The first-order valence-electron chi connectivity index (χ1n) is 9.10. The van der Waals surface area contributed by atoms with Crippen molar-refractivity contribution in [3.05, 3.63) is 33.5 Å². The number of halogens is 1. The number of hydrogen-bond donors (Lipinski definition) is 2. The van der Waals surface area contributed by atoms with Gasteiger partial charge in [-0.15, -0.1) is 5.92 Å². The lowest BCUT2D eigenvalue weighted by Gasteiger charge is -2.24. The predicted molar refractivity (Wildman–Crippen MR) is 108 cm³/mol. The maximum absolute atomic E-state index is 12.8. The van der Waals surface area contributed by atoms with Gasteiger partial charge in [0.15, 0.2) is 0 Å². The second kappa shape index (κ2) is 7.95. The van der Waals surface area contributed by atoms with Crippen molar-refractivity contribution >= 4 is 27.4 Å². The zero-order valence-corrected chi connectivity index (χ0v) is 17.4. The Balaban J connectivity index is 2.02. The quantitative estimate of drug-likeness (QED) is 0.692. The molecule has 3 rings (SSSR count). The van der Waals surface area contributed by atoms with Gasteiger partial charge in [0.1, 0.15) is 11.5 Å². The molecule has 0 bridgehead atoms. The molecule has 2 unspecified atom stereocenters. The number of benzene rings is 1. The SMILES string of the molecule is CC#Cc1cc(Br)c(C2=C(O)C3(CCC(COCC)C3)NC2=O)c(OC)c1. The van der Waals surface area contributed by atoms with E-state index in [9.17, 15) is 9.90 Å². The molecule has 2 aliphatic rings. The normalized spacial score (nSPS) is 24.1. The molecule has 0 aromatic heterocycles. The summed E-state index contributed by atoms with van der Waals surface area (Å²) in [7, 11) is 1.54. The molecular formula is C21H24BrNO4. The van der Waals surface area contributed by atoms with Crippen LogP contribution >= 0.6 is 15.9 Å². The molecule has 0 radical (unpaired) electrons. The third-order valence-electron chi connectivity index (χ3n) is 5.24. The molecule has 1 aromatic carbocycles. The molecule has 144 valence electrons. The average Bonchev–Trinajstić information content (AvgIpc) is 3.15. The Kier molecular flexibility index (Phi) is 5.83. The molecule has 1 heterocycles. The Morgan fingerprint density at radius 3 is 2.89 bits per heavy atom. The lowest BCUT2D eigenvalue weighted by atomic mass is 9.92. The number of ether oxygens (including phenoxy) is 2. The third kappa shape index (κ3) is 3.59. The summed E-state index contributed by atoms with van der Waals surface area (Å²) >= 11 is 3.52. The van der Waals surface area contributed by atoms with Gasteiger partial charge in [-0.05, 0) is 67.1 Å². The lowest BCUT2D eigenvalue weighted by molar-refractivity contribution is -0.116. The Morgan fingerprint density at radius 2 is 2.22 bits per heavy atom. The molecule has 5 nitrogen and oxygen atoms in total. The van der Waals surface area contributed by atoms with Crippen LogP contribution in [0.5, 0.6) is 5.75 Å². The molecular weight excluding hydrogens is 410 g/mol. The highest BCUT2D eigenvalue weighted by Crippen LogP contribution is 2.47. The van der Waals surface area contributed by atoms with E-state index in [0.29, 0.717) is 47.8 Å². The molecule has 27 heavy (non-hydrogen) atoms. The van der Waals surface area contributed by atoms with Gasteiger partial charge in [0.25, 0.3) is 5.91 Å². The van der Waals surface area contributed by atoms with Gasteiger partial charge < -0.3 is 19.9 Å². The fraction of sp³-hybridized carbons (Fsp3) is 0.476. The summed E-state index contributed by atoms with van der Waals surface area (Å²) in [5, 5.41) is 14.1. The van der Waals surface area contributed by atoms with E-state index in [1.807, 2.05) is 13.0 Å². The van der Waals surface area contributed by atoms with Crippen molar-refractivity contribution in [2.75, 3.05) is 20.3 Å². The van der Waals surface area contributed by atoms with E-state index in [1.165, 1.54) is 0 Å². The zero-order chi connectivity index (χ0) is 19.6. The van der Waals surface area contributed by atoms with Gasteiger partial charge in [-0.3, -0.25) is 4.79 Å². The standard InChI is InChI=1S/C21H24BrNO4/c1-4-6-13-9-15(22)17(16(10-13)26-3)18-19(24)21(23-20(18)25)8-7-14(11-21)12-27-5-2/h9-10,14,24H,5,7-8,11-12H2,1-3H3,(H,23,25). The van der Waals surface area contributed by atoms with E-state index in [-0.39, 0.29) is 17.2 Å². The van der Waals surface area contributed by atoms with Crippen molar-refractivity contribution in [3.8, 4) is 17.6 Å². The summed E-state index contributed by atoms with van der Waals surface area (Å²) in [6, 6.07) is 3.61. The highest BCUT2D eigenvalue weighted by atomic mass is 79.9. The summed E-state index contributed by atoms with van der Waals surface area (Å²) in [4.78, 5) is 12.8. The number of rotatable bonds is 5. The van der Waals surface area contributed by atoms with E-state index < -0.39 is 5.54 Å². The van der Waals surface area contributed by atoms with E-state index in [4.69, 9.17) is 9.47 Å². The van der Waals surface area contributed by atoms with Crippen LogP contribution in [0.2, 0.25) is 0 Å². The molecule has 1 spiro atoms. The number of carbonyl (C=O) groups excluding carboxylic acids is 1. The van der Waals surface area contributed by atoms with Crippen LogP contribution in [0.25, 0.3) is 5.57 Å². The van der Waals surface area contributed by atoms with Crippen molar-refractivity contribution in [2.45, 2.75) is 38.6 Å². The largest absolute Gasteiger partial charge is 0.509 e. The van der Waals surface area contributed by atoms with E-state index in [0.717, 1.165) is 12.0 Å². The molecule has 6 heteroatoms. The van der Waals surface area contributed by atoms with Crippen LogP contribution in [0.3, 0.4) is 0 Å². The fourth-order valence-corrected chi connectivity index (χ4v) is 4.66. The number of amides is 1. The second-order valence-electron chi connectivity index (χ2n) is 6.94. The van der Waals surface area contributed by atoms with Crippen molar-refractivity contribution in [2.24, 2.45) is 5.92 Å². The number of methoxy groups -OCH3 is 1. The number of carbonyl (C=O) groups is 1. The molecule has 2 N–H and O–H groups in total. The maximum atomic E-state index is 12.8. The summed E-state index contributed by atoms with van der Waals surface area (Å²) in [6.45, 7) is 5.04. The summed E-state index contributed by atoms with van der Waals surface area (Å²) in [5.74, 6) is 6.47. The van der Waals surface area contributed by atoms with Crippen molar-refractivity contribution in [1.82, 2.24) is 5.32 Å². The van der Waals surface area contributed by atoms with Crippen molar-refractivity contribution in [3.63, 3.8) is 0 Å². The topological polar surface area (TPSA) is 67.8 Å². The maximum Gasteiger partial charge on any atom is 0.256 e. The van der Waals surface area contributed by atoms with Crippen LogP contribution in [0.1, 0.15) is 44.2 Å². The van der Waals surface area contributed by atoms with Crippen LogP contribution in [-0.2, 0) is 9.53 Å². The minimum atomic E-state index is -0.708. The molecule has 1 aromatic rings. The second-order valence-corrected chi connectivity index (χ2v) is 7.79. The minimum Gasteiger partial charge on any atom is -0.509 e. The number of nitrogens with one attached hydrogen (secondary N) is 1. The van der Waals surface area contributed by atoms with E-state index in [1.54, 1.807) is 20.1 Å². The first kappa shape index (κ1) is 19.8. The van der Waals surface area contributed by atoms with Gasteiger partial charge in [0, 0.05) is 28.8 Å². The van der Waals surface area contributed by atoms with Crippen LogP contribution in [0, 0.1) is 17.8 Å². The molecule has 1 amide bonds. The van der Waals surface area contributed by atoms with Crippen LogP contribution in [-0.4, -0.2) is 36.9 Å². The van der Waals surface area contributed by atoms with Crippen LogP contribution < -0.4 is 10.1 Å². The zero-order valence-electron chi connectivity index (χ0n) is 15.8. The highest BCUT2D eigenvalue weighted by molar-refractivity contribution is 9.10. The van der Waals surface area contributed by atoms with Gasteiger partial charge in [-0.1, -0.05) is 5.92 Å². The summed E-state index contributed by atoms with van der Waals surface area (Å²) in [5.41, 5.74) is 0.891. The Morgan fingerprint density at radius 1 is 1.44 bits per heavy atom. The first-order valence-corrected chi connectivity index (χ1v) is 9.89. The molecule has 1 saturated carbocycles. The minimum absolute atomic E-state index is 0.0971. The highest BCUT2D eigenvalue weighted by Gasteiger charge is 2.51. The fourth-order valence-electron chi connectivity index (χ4n) is 4.02. The van der Waals surface area contributed by atoms with E-state index in [2.05, 4.69) is 33.1 Å². The van der Waals surface area contributed by atoms with Crippen LogP contribution in [0.4, 0.5) is 0 Å². The van der Waals surface area contributed by atoms with Crippen molar-refractivity contribution in [1.29, 1.82) is 0 Å². The summed E-state index contributed by atoms with van der Waals surface area (Å²) in [6.07, 6.45) is 2.28. The Labute approximate surface area is 168 Å². The molecule has 1 fully saturated rings. The van der Waals surface area contributed by atoms with Crippen molar-refractivity contribution < 1.29 is 19.4 Å². The van der Waals surface area contributed by atoms with Gasteiger partial charge in [0.05, 0.1) is 18.2 Å². The summed E-state index contributed by atoms with van der Waals surface area (Å²) < 4.78 is 11.7. The average molecular weight is 434 g/mol.